The molecule has 0 saturated heterocycles. The van der Waals surface area contributed by atoms with E-state index in [9.17, 15) is 90.3 Å². The maximum Gasteiger partial charge on any atom is 0.435 e. The van der Waals surface area contributed by atoms with Gasteiger partial charge in [-0.05, 0) is 104 Å². The summed E-state index contributed by atoms with van der Waals surface area (Å²) < 4.78 is 195. The van der Waals surface area contributed by atoms with E-state index < -0.39 is 105 Å². The highest BCUT2D eigenvalue weighted by atomic mass is 19.4. The number of benzene rings is 5. The van der Waals surface area contributed by atoms with Gasteiger partial charge in [-0.1, -0.05) is 30.3 Å². The smallest absolute Gasteiger partial charge is 0.298 e. The predicted molar refractivity (Wildman–Crippen MR) is 234 cm³/mol. The molecular formula is C50H29F15N6O4. The molecule has 0 spiro atoms. The molecule has 0 aliphatic carbocycles. The summed E-state index contributed by atoms with van der Waals surface area (Å²) in [6, 6.07) is 23.5. The highest BCUT2D eigenvalue weighted by molar-refractivity contribution is 6.14. The summed E-state index contributed by atoms with van der Waals surface area (Å²) in [6.45, 7) is 2.68. The van der Waals surface area contributed by atoms with Crippen LogP contribution in [0.4, 0.5) is 65.9 Å². The van der Waals surface area contributed by atoms with Gasteiger partial charge in [0.05, 0.1) is 46.2 Å². The molecule has 7 rings (SSSR count). The second-order valence-corrected chi connectivity index (χ2v) is 14.8. The molecule has 0 amide bonds. The molecule has 0 atom stereocenters. The summed E-state index contributed by atoms with van der Waals surface area (Å²) >= 11 is 0. The lowest BCUT2D eigenvalue weighted by Crippen LogP contribution is -2.13. The number of carbonyl (C=O) groups excluding carboxylic acids is 4. The Morgan fingerprint density at radius 1 is 0.573 bits per heavy atom. The first-order valence-corrected chi connectivity index (χ1v) is 20.5. The molecule has 2 heterocycles. The van der Waals surface area contributed by atoms with Crippen LogP contribution in [0, 0.1) is 64.5 Å². The fourth-order valence-electron chi connectivity index (χ4n) is 6.02. The van der Waals surface area contributed by atoms with Crippen LogP contribution < -0.4 is 0 Å². The van der Waals surface area contributed by atoms with Crippen molar-refractivity contribution in [3.8, 4) is 23.5 Å². The molecule has 0 unspecified atom stereocenters. The van der Waals surface area contributed by atoms with E-state index in [1.165, 1.54) is 62.4 Å². The molecule has 0 N–H and O–H groups in total. The number of ketones is 3. The van der Waals surface area contributed by atoms with E-state index in [-0.39, 0.29) is 44.5 Å². The van der Waals surface area contributed by atoms with E-state index in [0.29, 0.717) is 11.8 Å². The number of halogens is 15. The summed E-state index contributed by atoms with van der Waals surface area (Å²) in [5, 5.41) is 24.2. The highest BCUT2D eigenvalue weighted by Gasteiger charge is 2.42. The lowest BCUT2D eigenvalue weighted by Gasteiger charge is -2.10. The molecule has 10 nitrogen and oxygen atoms in total. The first kappa shape index (κ1) is 58.4. The zero-order valence-electron chi connectivity index (χ0n) is 37.8. The lowest BCUT2D eigenvalue weighted by molar-refractivity contribution is -0.144. The number of aromatic nitrogens is 4. The Morgan fingerprint density at radius 3 is 1.43 bits per heavy atom. The fraction of sp³-hybridized carbons (Fsp3) is 0.120. The molecule has 0 saturated carbocycles. The summed E-state index contributed by atoms with van der Waals surface area (Å²) in [7, 11) is 0. The first-order valence-electron chi connectivity index (χ1n) is 20.5. The topological polar surface area (TPSA) is 152 Å². The first-order chi connectivity index (χ1) is 35.0. The maximum atomic E-state index is 13.8. The van der Waals surface area contributed by atoms with E-state index in [4.69, 9.17) is 5.26 Å². The van der Waals surface area contributed by atoms with E-state index in [0.717, 1.165) is 77.5 Å². The zero-order chi connectivity index (χ0) is 56.2. The Morgan fingerprint density at radius 2 is 1.00 bits per heavy atom. The van der Waals surface area contributed by atoms with Gasteiger partial charge in [0, 0.05) is 11.6 Å². The van der Waals surface area contributed by atoms with Crippen LogP contribution in [-0.2, 0) is 18.5 Å². The number of hydrogen-bond acceptors (Lipinski definition) is 8. The van der Waals surface area contributed by atoms with Gasteiger partial charge in [0.25, 0.3) is 0 Å². The lowest BCUT2D eigenvalue weighted by atomic mass is 10.0. The monoisotopic (exact) mass is 1060 g/mol. The minimum atomic E-state index is -5.13. The standard InChI is InChI=1S/C21H9F8N3O.C12H9F3N2O.C9H5F2NO.C8H6F2O/c22-15-3-1-2-14(18(15)23)19(33)12(10-30)8-11-4-6-13(7-5-11)32-17(21(27,28)29)9-16(31-32)20(24,25)26;1-8-6-11(12(13,14)15)17(16-8)10-4-2-9(7-18)3-5-10;10-7-3-1-2-6(9(7)11)8(13)4-5-12;1-5(11)6-3-2-4-7(9)8(6)10/h1-9H;2-7H,1H3;1-3H,4H2;2-4H,1H3/b12-8+;;;. The molecular weight excluding hydrogens is 1030 g/mol. The second kappa shape index (κ2) is 24.5. The van der Waals surface area contributed by atoms with Crippen LogP contribution in [0.15, 0.2) is 121 Å². The van der Waals surface area contributed by atoms with Crippen LogP contribution in [-0.4, -0.2) is 43.2 Å². The fourth-order valence-corrected chi connectivity index (χ4v) is 6.02. The van der Waals surface area contributed by atoms with Gasteiger partial charge >= 0.3 is 18.5 Å². The number of allylic oxidation sites excluding steroid dienone is 1. The zero-order valence-corrected chi connectivity index (χ0v) is 37.8. The Balaban J connectivity index is 0.000000242. The van der Waals surface area contributed by atoms with Crippen LogP contribution in [0.2, 0.25) is 0 Å². The molecule has 0 bridgehead atoms. The van der Waals surface area contributed by atoms with Crippen molar-refractivity contribution in [1.29, 1.82) is 10.5 Å². The van der Waals surface area contributed by atoms with Gasteiger partial charge in [-0.3, -0.25) is 19.2 Å². The Bertz CT molecular complexity index is 3340. The minimum Gasteiger partial charge on any atom is -0.298 e. The third-order valence-electron chi connectivity index (χ3n) is 9.52. The molecule has 5 aromatic carbocycles. The molecule has 7 aromatic rings. The number of hydrogen-bond donors (Lipinski definition) is 0. The van der Waals surface area contributed by atoms with Gasteiger partial charge in [0.15, 0.2) is 52.2 Å². The van der Waals surface area contributed by atoms with Crippen molar-refractivity contribution in [3.05, 3.63) is 206 Å². The highest BCUT2D eigenvalue weighted by Crippen LogP contribution is 2.37. The average molecular weight is 1060 g/mol. The van der Waals surface area contributed by atoms with Crippen LogP contribution >= 0.6 is 0 Å². The number of Topliss-reactive ketones (excluding diaryl/α,β-unsaturated/α-hetero) is 3. The van der Waals surface area contributed by atoms with Crippen LogP contribution in [0.25, 0.3) is 17.5 Å². The van der Waals surface area contributed by atoms with Crippen molar-refractivity contribution < 1.29 is 85.0 Å². The van der Waals surface area contributed by atoms with Crippen molar-refractivity contribution in [2.45, 2.75) is 38.8 Å². The molecule has 25 heteroatoms. The molecule has 0 aliphatic rings. The molecule has 0 fully saturated rings. The SMILES string of the molecule is CC(=O)c1cccc(F)c1F.Cc1cc(C(F)(F)F)n(-c2ccc(C=O)cc2)n1.N#C/C(=C\c1ccc(-n2nc(C(F)(F)F)cc2C(F)(F)F)cc1)C(=O)c1cccc(F)c1F.N#CCC(=O)c1cccc(F)c1F. The molecule has 2 aromatic heterocycles. The summed E-state index contributed by atoms with van der Waals surface area (Å²) in [5.41, 5.74) is -5.48. The Hall–Kier alpha value is -9.13. The number of aryl methyl sites for hydroxylation is 1. The van der Waals surface area contributed by atoms with Crippen molar-refractivity contribution >= 4 is 29.7 Å². The number of nitrogens with zero attached hydrogens (tertiary/aromatic N) is 6. The van der Waals surface area contributed by atoms with Crippen molar-refractivity contribution in [2.24, 2.45) is 0 Å². The van der Waals surface area contributed by atoms with E-state index in [2.05, 4.69) is 10.2 Å². The largest absolute Gasteiger partial charge is 0.435 e. The Kier molecular flexibility index (Phi) is 19.1. The van der Waals surface area contributed by atoms with Crippen LogP contribution in [0.3, 0.4) is 0 Å². The Labute approximate surface area is 412 Å². The van der Waals surface area contributed by atoms with E-state index in [1.54, 1.807) is 6.07 Å². The normalized spacial score (nSPS) is 11.3. The van der Waals surface area contributed by atoms with Crippen LogP contribution in [0.1, 0.15) is 83.1 Å². The number of carbonyl (C=O) groups is 4. The average Bonchev–Trinajstić information content (AvgIpc) is 4.00. The van der Waals surface area contributed by atoms with Gasteiger partial charge in [-0.25, -0.2) is 35.7 Å². The van der Waals surface area contributed by atoms with Gasteiger partial charge < -0.3 is 0 Å². The number of alkyl halides is 9. The van der Waals surface area contributed by atoms with E-state index >= 15 is 0 Å². The summed E-state index contributed by atoms with van der Waals surface area (Å²) in [4.78, 5) is 44.4. The van der Waals surface area contributed by atoms with Gasteiger partial charge in [-0.2, -0.15) is 60.2 Å². The maximum absolute atomic E-state index is 13.8. The predicted octanol–water partition coefficient (Wildman–Crippen LogP) is 13.2. The van der Waals surface area contributed by atoms with Crippen molar-refractivity contribution in [2.75, 3.05) is 0 Å². The number of nitriles is 2. The minimum absolute atomic E-state index is 0.0643. The number of rotatable bonds is 9. The molecule has 388 valence electrons. The van der Waals surface area contributed by atoms with Crippen LogP contribution in [0.5, 0.6) is 0 Å². The van der Waals surface area contributed by atoms with Crippen molar-refractivity contribution in [1.82, 2.24) is 19.6 Å². The van der Waals surface area contributed by atoms with E-state index in [1.807, 2.05) is 0 Å². The second-order valence-electron chi connectivity index (χ2n) is 14.8. The molecule has 0 radical (unpaired) electrons. The van der Waals surface area contributed by atoms with Gasteiger partial charge in [0.1, 0.15) is 29.3 Å². The third-order valence-corrected chi connectivity index (χ3v) is 9.52. The summed E-state index contributed by atoms with van der Waals surface area (Å²) in [6.07, 6.45) is -13.6. The quantitative estimate of drug-likeness (QED) is 0.0456. The third kappa shape index (κ3) is 15.2. The van der Waals surface area contributed by atoms with Gasteiger partial charge in [0.2, 0.25) is 5.78 Å². The van der Waals surface area contributed by atoms with Gasteiger partial charge in [-0.15, -0.1) is 0 Å². The van der Waals surface area contributed by atoms with Crippen molar-refractivity contribution in [3.63, 3.8) is 0 Å². The number of aldehydes is 1. The molecule has 0 aliphatic heterocycles. The summed E-state index contributed by atoms with van der Waals surface area (Å²) in [5.74, 6) is -9.41. The molecule has 75 heavy (non-hydrogen) atoms.